The summed E-state index contributed by atoms with van der Waals surface area (Å²) in [5, 5.41) is 3.24. The fraction of sp³-hybridized carbons (Fsp3) is 0.650. The number of aliphatic imine (C=N–C) groups is 1. The van der Waals surface area contributed by atoms with Crippen molar-refractivity contribution >= 4 is 12.1 Å². The first-order chi connectivity index (χ1) is 12.6. The van der Waals surface area contributed by atoms with Crippen molar-refractivity contribution in [3.05, 3.63) is 29.6 Å². The van der Waals surface area contributed by atoms with E-state index in [0.29, 0.717) is 19.1 Å². The Bertz CT molecular complexity index is 589. The number of hydrogen-bond acceptors (Lipinski definition) is 5. The van der Waals surface area contributed by atoms with Gasteiger partial charge in [0, 0.05) is 44.6 Å². The van der Waals surface area contributed by atoms with Crippen molar-refractivity contribution in [2.75, 3.05) is 39.8 Å². The summed E-state index contributed by atoms with van der Waals surface area (Å²) in [6.07, 6.45) is 7.14. The number of likely N-dealkylation sites (N-methyl/N-ethyl adjacent to an activating group) is 2. The lowest BCUT2D eigenvalue weighted by Crippen LogP contribution is -2.44. The summed E-state index contributed by atoms with van der Waals surface area (Å²) >= 11 is 0. The van der Waals surface area contributed by atoms with E-state index in [1.165, 1.54) is 12.8 Å². The predicted octanol–water partition coefficient (Wildman–Crippen LogP) is 1.94. The number of aromatic nitrogens is 1. The van der Waals surface area contributed by atoms with Crippen LogP contribution in [0.4, 0.5) is 0 Å². The summed E-state index contributed by atoms with van der Waals surface area (Å²) in [5.74, 6) is 0.161. The van der Waals surface area contributed by atoms with E-state index in [0.717, 1.165) is 43.9 Å². The van der Waals surface area contributed by atoms with Crippen LogP contribution < -0.4 is 5.32 Å². The van der Waals surface area contributed by atoms with Crippen molar-refractivity contribution < 1.29 is 4.79 Å². The molecule has 1 aromatic heterocycles. The van der Waals surface area contributed by atoms with Gasteiger partial charge in [-0.3, -0.25) is 14.8 Å². The topological polar surface area (TPSA) is 60.8 Å². The fourth-order valence-electron chi connectivity index (χ4n) is 3.25. The minimum Gasteiger partial charge on any atom is -0.340 e. The van der Waals surface area contributed by atoms with Crippen LogP contribution in [0.5, 0.6) is 0 Å². The molecule has 0 aromatic carbocycles. The van der Waals surface area contributed by atoms with E-state index in [2.05, 4.69) is 34.2 Å². The van der Waals surface area contributed by atoms with Crippen molar-refractivity contribution in [2.45, 2.75) is 45.7 Å². The highest BCUT2D eigenvalue weighted by Crippen LogP contribution is 2.15. The molecule has 0 aliphatic carbocycles. The van der Waals surface area contributed by atoms with Gasteiger partial charge in [0.15, 0.2) is 0 Å². The van der Waals surface area contributed by atoms with E-state index in [9.17, 15) is 4.79 Å². The molecule has 1 amide bonds. The van der Waals surface area contributed by atoms with Crippen LogP contribution >= 0.6 is 0 Å². The Hall–Kier alpha value is -1.79. The van der Waals surface area contributed by atoms with Crippen LogP contribution in [-0.2, 0) is 11.3 Å². The molecule has 0 spiro atoms. The summed E-state index contributed by atoms with van der Waals surface area (Å²) in [6, 6.07) is 4.46. The van der Waals surface area contributed by atoms with Gasteiger partial charge in [0.2, 0.25) is 5.91 Å². The molecule has 1 aliphatic heterocycles. The highest BCUT2D eigenvalue weighted by Gasteiger charge is 2.24. The molecular formula is C20H33N5O. The Morgan fingerprint density at radius 2 is 2.35 bits per heavy atom. The number of hydrogen-bond donors (Lipinski definition) is 1. The van der Waals surface area contributed by atoms with Crippen LogP contribution in [-0.4, -0.2) is 72.7 Å². The maximum Gasteiger partial charge on any atom is 0.236 e. The molecule has 1 aromatic rings. The van der Waals surface area contributed by atoms with E-state index >= 15 is 0 Å². The smallest absolute Gasteiger partial charge is 0.236 e. The Morgan fingerprint density at radius 3 is 3.04 bits per heavy atom. The SMILES string of the molecule is CCC/N=C/c1ccnc(CNCC(=O)N(CC)CC2CCCN2C)c1. The lowest BCUT2D eigenvalue weighted by atomic mass is 10.2. The van der Waals surface area contributed by atoms with Crippen molar-refractivity contribution in [2.24, 2.45) is 4.99 Å². The van der Waals surface area contributed by atoms with Crippen LogP contribution in [0.25, 0.3) is 0 Å². The van der Waals surface area contributed by atoms with E-state index in [-0.39, 0.29) is 5.91 Å². The van der Waals surface area contributed by atoms with Gasteiger partial charge >= 0.3 is 0 Å². The fourth-order valence-corrected chi connectivity index (χ4v) is 3.25. The normalized spacial score (nSPS) is 17.9. The second-order valence-corrected chi connectivity index (χ2v) is 6.93. The third-order valence-electron chi connectivity index (χ3n) is 4.85. The summed E-state index contributed by atoms with van der Waals surface area (Å²) in [5.41, 5.74) is 1.98. The van der Waals surface area contributed by atoms with Crippen LogP contribution in [0.1, 0.15) is 44.4 Å². The minimum absolute atomic E-state index is 0.161. The van der Waals surface area contributed by atoms with Crippen molar-refractivity contribution in [1.29, 1.82) is 0 Å². The molecule has 1 unspecified atom stereocenters. The molecule has 1 fully saturated rings. The third kappa shape index (κ3) is 6.50. The van der Waals surface area contributed by atoms with Crippen molar-refractivity contribution in [3.8, 4) is 0 Å². The van der Waals surface area contributed by atoms with Gasteiger partial charge in [-0.25, -0.2) is 0 Å². The van der Waals surface area contributed by atoms with Gasteiger partial charge in [-0.05, 0) is 57.5 Å². The lowest BCUT2D eigenvalue weighted by molar-refractivity contribution is -0.130. The Labute approximate surface area is 157 Å². The second-order valence-electron chi connectivity index (χ2n) is 6.93. The molecule has 0 bridgehead atoms. The minimum atomic E-state index is 0.161. The number of likely N-dealkylation sites (tertiary alicyclic amines) is 1. The Kier molecular flexibility index (Phi) is 8.71. The zero-order valence-corrected chi connectivity index (χ0v) is 16.4. The molecule has 2 heterocycles. The van der Waals surface area contributed by atoms with E-state index < -0.39 is 0 Å². The molecule has 1 atom stereocenters. The van der Waals surface area contributed by atoms with Gasteiger partial charge in [0.05, 0.1) is 12.2 Å². The molecule has 0 radical (unpaired) electrons. The maximum atomic E-state index is 12.5. The highest BCUT2D eigenvalue weighted by atomic mass is 16.2. The zero-order chi connectivity index (χ0) is 18.8. The number of carbonyl (C=O) groups is 1. The van der Waals surface area contributed by atoms with E-state index in [1.54, 1.807) is 6.20 Å². The standard InChI is InChI=1S/C20H33N5O/c1-4-9-21-13-17-8-10-23-18(12-17)14-22-15-20(26)25(5-2)16-19-7-6-11-24(19)3/h8,10,12-13,19,22H,4-7,9,11,14-16H2,1-3H3/b21-13+. The first-order valence-corrected chi connectivity index (χ1v) is 9.77. The molecule has 6 heteroatoms. The van der Waals surface area contributed by atoms with Gasteiger partial charge in [-0.1, -0.05) is 6.92 Å². The highest BCUT2D eigenvalue weighted by molar-refractivity contribution is 5.79. The number of carbonyl (C=O) groups excluding carboxylic acids is 1. The molecule has 6 nitrogen and oxygen atoms in total. The molecule has 26 heavy (non-hydrogen) atoms. The van der Waals surface area contributed by atoms with Crippen LogP contribution in [0.2, 0.25) is 0 Å². The zero-order valence-electron chi connectivity index (χ0n) is 16.4. The average molecular weight is 360 g/mol. The first kappa shape index (κ1) is 20.5. The van der Waals surface area contributed by atoms with Crippen LogP contribution in [0.3, 0.4) is 0 Å². The summed E-state index contributed by atoms with van der Waals surface area (Å²) in [6.45, 7) is 8.66. The van der Waals surface area contributed by atoms with E-state index in [4.69, 9.17) is 0 Å². The number of rotatable bonds is 10. The Balaban J connectivity index is 1.78. The quantitative estimate of drug-likeness (QED) is 0.649. The summed E-state index contributed by atoms with van der Waals surface area (Å²) < 4.78 is 0. The van der Waals surface area contributed by atoms with Gasteiger partial charge < -0.3 is 15.1 Å². The molecule has 2 rings (SSSR count). The van der Waals surface area contributed by atoms with Crippen LogP contribution in [0.15, 0.2) is 23.3 Å². The second kappa shape index (κ2) is 11.0. The molecule has 144 valence electrons. The molecule has 1 N–H and O–H groups in total. The van der Waals surface area contributed by atoms with Gasteiger partial charge in [0.25, 0.3) is 0 Å². The third-order valence-corrected chi connectivity index (χ3v) is 4.85. The molecular weight excluding hydrogens is 326 g/mol. The van der Waals surface area contributed by atoms with Crippen molar-refractivity contribution in [1.82, 2.24) is 20.1 Å². The molecule has 1 saturated heterocycles. The number of amides is 1. The van der Waals surface area contributed by atoms with Gasteiger partial charge in [-0.2, -0.15) is 0 Å². The molecule has 0 saturated carbocycles. The van der Waals surface area contributed by atoms with E-state index in [1.807, 2.05) is 30.2 Å². The average Bonchev–Trinajstić information content (AvgIpc) is 3.05. The monoisotopic (exact) mass is 359 g/mol. The maximum absolute atomic E-state index is 12.5. The van der Waals surface area contributed by atoms with Gasteiger partial charge in [-0.15, -0.1) is 0 Å². The van der Waals surface area contributed by atoms with Gasteiger partial charge in [0.1, 0.15) is 0 Å². The Morgan fingerprint density at radius 1 is 1.50 bits per heavy atom. The number of pyridine rings is 1. The largest absolute Gasteiger partial charge is 0.340 e. The summed E-state index contributed by atoms with van der Waals surface area (Å²) in [7, 11) is 2.15. The van der Waals surface area contributed by atoms with Crippen LogP contribution in [0, 0.1) is 0 Å². The molecule has 1 aliphatic rings. The predicted molar refractivity (Wildman–Crippen MR) is 107 cm³/mol. The number of nitrogens with one attached hydrogen (secondary N) is 1. The van der Waals surface area contributed by atoms with Crippen molar-refractivity contribution in [3.63, 3.8) is 0 Å². The number of nitrogens with zero attached hydrogens (tertiary/aromatic N) is 4. The first-order valence-electron chi connectivity index (χ1n) is 9.77. The summed E-state index contributed by atoms with van der Waals surface area (Å²) in [4.78, 5) is 25.6. The lowest BCUT2D eigenvalue weighted by Gasteiger charge is -2.28.